The van der Waals surface area contributed by atoms with E-state index in [1.165, 1.54) is 23.8 Å². The van der Waals surface area contributed by atoms with Gasteiger partial charge in [0.25, 0.3) is 0 Å². The molecule has 112 valence electrons. The Labute approximate surface area is 121 Å². The summed E-state index contributed by atoms with van der Waals surface area (Å²) < 4.78 is 45.8. The van der Waals surface area contributed by atoms with Crippen LogP contribution in [0.3, 0.4) is 0 Å². The minimum atomic E-state index is -4.69. The van der Waals surface area contributed by atoms with Crippen LogP contribution in [0.25, 0.3) is 0 Å². The lowest BCUT2D eigenvalue weighted by atomic mass is 10.2. The van der Waals surface area contributed by atoms with Gasteiger partial charge in [0.2, 0.25) is 0 Å². The highest BCUT2D eigenvalue weighted by Crippen LogP contribution is 2.24. The van der Waals surface area contributed by atoms with Gasteiger partial charge in [-0.15, -0.1) is 13.2 Å². The number of halogens is 3. The van der Waals surface area contributed by atoms with Gasteiger partial charge in [0.15, 0.2) is 0 Å². The quantitative estimate of drug-likeness (QED) is 0.794. The predicted molar refractivity (Wildman–Crippen MR) is 73.3 cm³/mol. The third-order valence-electron chi connectivity index (χ3n) is 2.87. The highest BCUT2D eigenvalue weighted by Gasteiger charge is 2.31. The van der Waals surface area contributed by atoms with Gasteiger partial charge in [-0.2, -0.15) is 0 Å². The van der Waals surface area contributed by atoms with E-state index in [0.717, 1.165) is 6.42 Å². The molecule has 0 saturated heterocycles. The van der Waals surface area contributed by atoms with Crippen molar-refractivity contribution in [2.45, 2.75) is 26.3 Å². The van der Waals surface area contributed by atoms with E-state index >= 15 is 0 Å². The number of hydrogen-bond acceptors (Lipinski definition) is 2. The average Bonchev–Trinajstić information content (AvgIpc) is 2.44. The number of hydrogen-bond donors (Lipinski definition) is 0. The predicted octanol–water partition coefficient (Wildman–Crippen LogP) is 4.73. The van der Waals surface area contributed by atoms with Crippen molar-refractivity contribution in [1.29, 1.82) is 0 Å². The summed E-state index contributed by atoms with van der Waals surface area (Å²) in [7, 11) is 0. The molecule has 0 amide bonds. The minimum Gasteiger partial charge on any atom is -0.489 e. The molecular formula is C16H15F3O2. The Morgan fingerprint density at radius 3 is 2.24 bits per heavy atom. The first kappa shape index (κ1) is 15.2. The summed E-state index contributed by atoms with van der Waals surface area (Å²) in [6.45, 7) is 2.24. The molecule has 2 aromatic carbocycles. The summed E-state index contributed by atoms with van der Waals surface area (Å²) in [5.74, 6) is 0.430. The van der Waals surface area contributed by atoms with E-state index in [-0.39, 0.29) is 12.4 Å². The van der Waals surface area contributed by atoms with Crippen molar-refractivity contribution >= 4 is 0 Å². The smallest absolute Gasteiger partial charge is 0.489 e. The molecule has 0 fully saturated rings. The van der Waals surface area contributed by atoms with E-state index in [2.05, 4.69) is 11.7 Å². The Hall–Kier alpha value is -2.17. The zero-order valence-electron chi connectivity index (χ0n) is 11.5. The van der Waals surface area contributed by atoms with Crippen LogP contribution >= 0.6 is 0 Å². The van der Waals surface area contributed by atoms with Gasteiger partial charge < -0.3 is 9.47 Å². The Bertz CT molecular complexity index is 577. The van der Waals surface area contributed by atoms with Crippen LogP contribution in [0, 0.1) is 0 Å². The molecule has 5 heteroatoms. The first-order chi connectivity index (χ1) is 9.96. The zero-order chi connectivity index (χ0) is 15.3. The molecule has 0 aromatic heterocycles. The highest BCUT2D eigenvalue weighted by molar-refractivity contribution is 5.30. The van der Waals surface area contributed by atoms with Crippen LogP contribution in [0.15, 0.2) is 48.5 Å². The Morgan fingerprint density at radius 2 is 1.62 bits per heavy atom. The molecule has 0 aliphatic carbocycles. The van der Waals surface area contributed by atoms with Crippen molar-refractivity contribution < 1.29 is 22.6 Å². The topological polar surface area (TPSA) is 18.5 Å². The minimum absolute atomic E-state index is 0.181. The molecule has 0 radical (unpaired) electrons. The summed E-state index contributed by atoms with van der Waals surface area (Å²) in [5.41, 5.74) is 1.80. The normalized spacial score (nSPS) is 11.2. The first-order valence-corrected chi connectivity index (χ1v) is 6.52. The fourth-order valence-electron chi connectivity index (χ4n) is 1.82. The number of alkyl halides is 3. The third-order valence-corrected chi connectivity index (χ3v) is 2.87. The Morgan fingerprint density at radius 1 is 0.905 bits per heavy atom. The Kier molecular flexibility index (Phi) is 4.73. The van der Waals surface area contributed by atoms with Crippen molar-refractivity contribution in [3.05, 3.63) is 59.7 Å². The Balaban J connectivity index is 1.97. The monoisotopic (exact) mass is 296 g/mol. The average molecular weight is 296 g/mol. The fourth-order valence-corrected chi connectivity index (χ4v) is 1.82. The van der Waals surface area contributed by atoms with Gasteiger partial charge in [0, 0.05) is 0 Å². The molecule has 2 nitrogen and oxygen atoms in total. The van der Waals surface area contributed by atoms with E-state index in [1.54, 1.807) is 6.07 Å². The van der Waals surface area contributed by atoms with Crippen LogP contribution in [0.4, 0.5) is 13.2 Å². The molecule has 0 atom stereocenters. The van der Waals surface area contributed by atoms with Gasteiger partial charge in [-0.05, 0) is 41.8 Å². The van der Waals surface area contributed by atoms with Crippen LogP contribution in [-0.4, -0.2) is 6.36 Å². The van der Waals surface area contributed by atoms with Crippen LogP contribution in [0.5, 0.6) is 11.5 Å². The molecule has 0 N–H and O–H groups in total. The maximum Gasteiger partial charge on any atom is 0.573 e. The summed E-state index contributed by atoms with van der Waals surface area (Å²) in [6, 6.07) is 13.4. The summed E-state index contributed by atoms with van der Waals surface area (Å²) in [6.07, 6.45) is -3.74. The maximum atomic E-state index is 12.1. The zero-order valence-corrected chi connectivity index (χ0v) is 11.5. The van der Waals surface area contributed by atoms with E-state index < -0.39 is 6.36 Å². The van der Waals surface area contributed by atoms with Crippen LogP contribution in [0.1, 0.15) is 18.1 Å². The summed E-state index contributed by atoms with van der Waals surface area (Å²) in [5, 5.41) is 0. The lowest BCUT2D eigenvalue weighted by Crippen LogP contribution is -2.17. The summed E-state index contributed by atoms with van der Waals surface area (Å²) >= 11 is 0. The van der Waals surface area contributed by atoms with Crippen LogP contribution in [-0.2, 0) is 13.0 Å². The maximum absolute atomic E-state index is 12.1. The van der Waals surface area contributed by atoms with Gasteiger partial charge in [-0.25, -0.2) is 0 Å². The van der Waals surface area contributed by atoms with Gasteiger partial charge in [0.1, 0.15) is 18.1 Å². The molecule has 0 unspecified atom stereocenters. The number of aryl methyl sites for hydroxylation is 1. The molecule has 0 spiro atoms. The fraction of sp³-hybridized carbons (Fsp3) is 0.250. The van der Waals surface area contributed by atoms with E-state index in [0.29, 0.717) is 11.3 Å². The van der Waals surface area contributed by atoms with Gasteiger partial charge in [-0.1, -0.05) is 31.2 Å². The molecule has 2 rings (SSSR count). The van der Waals surface area contributed by atoms with E-state index in [1.807, 2.05) is 24.3 Å². The van der Waals surface area contributed by atoms with Crippen LogP contribution in [0.2, 0.25) is 0 Å². The van der Waals surface area contributed by atoms with Crippen molar-refractivity contribution in [3.63, 3.8) is 0 Å². The van der Waals surface area contributed by atoms with Crippen molar-refractivity contribution in [3.8, 4) is 11.5 Å². The van der Waals surface area contributed by atoms with E-state index in [4.69, 9.17) is 4.74 Å². The summed E-state index contributed by atoms with van der Waals surface area (Å²) in [4.78, 5) is 0. The lowest BCUT2D eigenvalue weighted by Gasteiger charge is -2.11. The lowest BCUT2D eigenvalue weighted by molar-refractivity contribution is -0.274. The molecule has 0 heterocycles. The van der Waals surface area contributed by atoms with Gasteiger partial charge in [-0.3, -0.25) is 0 Å². The molecule has 0 saturated carbocycles. The number of benzene rings is 2. The van der Waals surface area contributed by atoms with Crippen molar-refractivity contribution in [2.75, 3.05) is 0 Å². The third kappa shape index (κ3) is 5.02. The molecule has 0 aliphatic heterocycles. The number of ether oxygens (including phenoxy) is 2. The second kappa shape index (κ2) is 6.52. The van der Waals surface area contributed by atoms with Crippen molar-refractivity contribution in [2.24, 2.45) is 0 Å². The molecule has 21 heavy (non-hydrogen) atoms. The molecule has 2 aromatic rings. The largest absolute Gasteiger partial charge is 0.573 e. The highest BCUT2D eigenvalue weighted by atomic mass is 19.4. The molecule has 0 aliphatic rings. The van der Waals surface area contributed by atoms with Crippen LogP contribution < -0.4 is 9.47 Å². The number of rotatable bonds is 5. The molecular weight excluding hydrogens is 281 g/mol. The van der Waals surface area contributed by atoms with E-state index in [9.17, 15) is 13.2 Å². The van der Waals surface area contributed by atoms with Gasteiger partial charge in [0.05, 0.1) is 0 Å². The second-order valence-electron chi connectivity index (χ2n) is 4.48. The molecule has 0 bridgehead atoms. The second-order valence-corrected chi connectivity index (χ2v) is 4.48. The first-order valence-electron chi connectivity index (χ1n) is 6.52. The standard InChI is InChI=1S/C16H15F3O2/c1-2-12-6-8-14(9-7-12)20-11-13-4-3-5-15(10-13)21-16(17,18)19/h3-10H,2,11H2,1H3. The SMILES string of the molecule is CCc1ccc(OCc2cccc(OC(F)(F)F)c2)cc1. The van der Waals surface area contributed by atoms with Gasteiger partial charge >= 0.3 is 6.36 Å². The van der Waals surface area contributed by atoms with Crippen molar-refractivity contribution in [1.82, 2.24) is 0 Å².